The normalized spacial score (nSPS) is 21.9. The molecule has 0 spiro atoms. The average Bonchev–Trinajstić information content (AvgIpc) is 2.81. The van der Waals surface area contributed by atoms with Crippen molar-refractivity contribution in [2.75, 3.05) is 13.2 Å². The molecule has 1 saturated heterocycles. The van der Waals surface area contributed by atoms with Crippen LogP contribution in [0.15, 0.2) is 24.8 Å². The third kappa shape index (κ3) is 8.15. The summed E-state index contributed by atoms with van der Waals surface area (Å²) in [4.78, 5) is 48.9. The molecule has 1 aromatic rings. The van der Waals surface area contributed by atoms with Crippen LogP contribution in [0.2, 0.25) is 0 Å². The maximum atomic E-state index is 12.9. The maximum absolute atomic E-state index is 12.9. The van der Waals surface area contributed by atoms with E-state index in [1.165, 1.54) is 13.8 Å². The Morgan fingerprint density at radius 2 is 1.84 bits per heavy atom. The van der Waals surface area contributed by atoms with E-state index in [2.05, 4.69) is 11.9 Å². The predicted octanol–water partition coefficient (Wildman–Crippen LogP) is 3.97. The largest absolute Gasteiger partial charge is 0.464 e. The van der Waals surface area contributed by atoms with Crippen molar-refractivity contribution in [3.63, 3.8) is 0 Å². The molecule has 1 aliphatic rings. The Morgan fingerprint density at radius 1 is 1.19 bits per heavy atom. The molecule has 4 atom stereocenters. The fourth-order valence-electron chi connectivity index (χ4n) is 4.63. The van der Waals surface area contributed by atoms with Gasteiger partial charge in [-0.1, -0.05) is 13.0 Å². The van der Waals surface area contributed by atoms with E-state index in [0.717, 1.165) is 6.42 Å². The zero-order valence-electron chi connectivity index (χ0n) is 22.7. The Balaban J connectivity index is 2.16. The lowest BCUT2D eigenvalue weighted by molar-refractivity contribution is -0.200. The van der Waals surface area contributed by atoms with Gasteiger partial charge in [0, 0.05) is 32.3 Å². The lowest BCUT2D eigenvalue weighted by Crippen LogP contribution is -2.52. The zero-order valence-corrected chi connectivity index (χ0v) is 22.7. The molecule has 2 rings (SSSR count). The third-order valence-corrected chi connectivity index (χ3v) is 6.42. The van der Waals surface area contributed by atoms with Gasteiger partial charge in [0.15, 0.2) is 5.60 Å². The van der Waals surface area contributed by atoms with Gasteiger partial charge in [-0.2, -0.15) is 0 Å². The molecule has 1 amide bonds. The molecular formula is C28H39NO8. The van der Waals surface area contributed by atoms with E-state index < -0.39 is 35.7 Å². The van der Waals surface area contributed by atoms with Crippen molar-refractivity contribution in [2.24, 2.45) is 5.92 Å². The second-order valence-electron chi connectivity index (χ2n) is 9.59. The molecule has 9 heteroatoms. The fourth-order valence-corrected chi connectivity index (χ4v) is 4.63. The number of benzene rings is 1. The van der Waals surface area contributed by atoms with Gasteiger partial charge in [0.2, 0.25) is 0 Å². The molecule has 204 valence electrons. The molecule has 0 saturated carbocycles. The first-order valence-electron chi connectivity index (χ1n) is 12.6. The number of nitrogens with one attached hydrogen (secondary N) is 1. The zero-order chi connectivity index (χ0) is 27.8. The van der Waals surface area contributed by atoms with E-state index in [9.17, 15) is 19.2 Å². The molecule has 1 N–H and O–H groups in total. The summed E-state index contributed by atoms with van der Waals surface area (Å²) in [5.74, 6) is -1.18. The van der Waals surface area contributed by atoms with E-state index in [4.69, 9.17) is 18.9 Å². The van der Waals surface area contributed by atoms with Crippen molar-refractivity contribution in [3.8, 4) is 5.75 Å². The molecule has 1 aliphatic heterocycles. The van der Waals surface area contributed by atoms with E-state index in [-0.39, 0.29) is 25.0 Å². The third-order valence-electron chi connectivity index (χ3n) is 6.42. The number of hydrogen-bond donors (Lipinski definition) is 1. The highest BCUT2D eigenvalue weighted by Gasteiger charge is 2.47. The Labute approximate surface area is 218 Å². The number of amides is 1. The molecule has 1 heterocycles. The Bertz CT molecular complexity index is 996. The van der Waals surface area contributed by atoms with Gasteiger partial charge in [0.05, 0.1) is 19.3 Å². The van der Waals surface area contributed by atoms with Crippen LogP contribution in [0.1, 0.15) is 74.9 Å². The first kappa shape index (κ1) is 30.0. The quantitative estimate of drug-likeness (QED) is 0.266. The molecule has 0 radical (unpaired) electrons. The number of carbonyl (C=O) groups excluding carboxylic acids is 4. The highest BCUT2D eigenvalue weighted by molar-refractivity contribution is 5.95. The predicted molar refractivity (Wildman–Crippen MR) is 137 cm³/mol. The number of esters is 3. The maximum Gasteiger partial charge on any atom is 0.338 e. The molecule has 9 nitrogen and oxygen atoms in total. The Hall–Kier alpha value is -3.20. The van der Waals surface area contributed by atoms with Gasteiger partial charge < -0.3 is 24.3 Å². The first-order chi connectivity index (χ1) is 17.4. The summed E-state index contributed by atoms with van der Waals surface area (Å²) >= 11 is 0. The Morgan fingerprint density at radius 3 is 2.38 bits per heavy atom. The van der Waals surface area contributed by atoms with Crippen molar-refractivity contribution < 1.29 is 38.1 Å². The van der Waals surface area contributed by atoms with Crippen molar-refractivity contribution in [1.82, 2.24) is 5.32 Å². The summed E-state index contributed by atoms with van der Waals surface area (Å²) in [7, 11) is 0. The Kier molecular flexibility index (Phi) is 10.9. The summed E-state index contributed by atoms with van der Waals surface area (Å²) in [5.41, 5.74) is 0.567. The van der Waals surface area contributed by atoms with Gasteiger partial charge in [-0.25, -0.2) is 4.79 Å². The van der Waals surface area contributed by atoms with E-state index >= 15 is 0 Å². The fraction of sp³-hybridized carbons (Fsp3) is 0.571. The van der Waals surface area contributed by atoms with Gasteiger partial charge in [-0.3, -0.25) is 14.4 Å². The molecule has 37 heavy (non-hydrogen) atoms. The van der Waals surface area contributed by atoms with Crippen molar-refractivity contribution in [3.05, 3.63) is 41.5 Å². The van der Waals surface area contributed by atoms with Crippen LogP contribution in [0.4, 0.5) is 0 Å². The number of rotatable bonds is 11. The minimum absolute atomic E-state index is 0.0582. The summed E-state index contributed by atoms with van der Waals surface area (Å²) < 4.78 is 22.4. The van der Waals surface area contributed by atoms with Gasteiger partial charge in [0.25, 0.3) is 5.91 Å². The monoisotopic (exact) mass is 517 g/mol. The second-order valence-corrected chi connectivity index (χ2v) is 9.59. The molecule has 0 aromatic heterocycles. The van der Waals surface area contributed by atoms with Crippen LogP contribution >= 0.6 is 0 Å². The van der Waals surface area contributed by atoms with Crippen LogP contribution in [0, 0.1) is 19.8 Å². The van der Waals surface area contributed by atoms with Gasteiger partial charge in [0.1, 0.15) is 11.9 Å². The number of hydrogen-bond acceptors (Lipinski definition) is 8. The van der Waals surface area contributed by atoms with Crippen LogP contribution in [0.25, 0.3) is 0 Å². The van der Waals surface area contributed by atoms with E-state index in [1.54, 1.807) is 39.0 Å². The highest BCUT2D eigenvalue weighted by atomic mass is 16.6. The van der Waals surface area contributed by atoms with Gasteiger partial charge in [-0.15, -0.1) is 6.58 Å². The highest BCUT2D eigenvalue weighted by Crippen LogP contribution is 2.38. The van der Waals surface area contributed by atoms with Crippen molar-refractivity contribution in [2.45, 2.75) is 85.0 Å². The lowest BCUT2D eigenvalue weighted by atomic mass is 9.82. The van der Waals surface area contributed by atoms with Crippen LogP contribution in [0.5, 0.6) is 5.75 Å². The number of ether oxygens (including phenoxy) is 4. The second kappa shape index (κ2) is 13.4. The standard InChI is InChI=1S/C28H39NO8/c1-8-11-28(27(33)34-9-2)12-10-17(3)24(37-28)15-23(35-20(6)30)16-29-26(32)22-13-18(4)25(19(5)14-22)36-21(7)31/h8,13-14,17,23-24H,1,9-12,15-16H2,2-7H3,(H,29,32)/t17?,23?,24?,28-/m1/s1. The average molecular weight is 518 g/mol. The van der Waals surface area contributed by atoms with Crippen molar-refractivity contribution in [1.29, 1.82) is 0 Å². The van der Waals surface area contributed by atoms with Gasteiger partial charge >= 0.3 is 17.9 Å². The van der Waals surface area contributed by atoms with E-state index in [1.807, 2.05) is 6.92 Å². The molecule has 0 aliphatic carbocycles. The van der Waals surface area contributed by atoms with Crippen LogP contribution < -0.4 is 10.1 Å². The number of carbonyl (C=O) groups is 4. The summed E-state index contributed by atoms with van der Waals surface area (Å²) in [6.45, 7) is 14.0. The molecular weight excluding hydrogens is 478 g/mol. The molecule has 1 aromatic carbocycles. The SMILES string of the molecule is C=CC[C@]1(C(=O)OCC)CCC(C)C(CC(CNC(=O)c2cc(C)c(OC(C)=O)c(C)c2)OC(C)=O)O1. The molecule has 3 unspecified atom stereocenters. The van der Waals surface area contributed by atoms with Crippen molar-refractivity contribution >= 4 is 23.8 Å². The molecule has 0 bridgehead atoms. The summed E-state index contributed by atoms with van der Waals surface area (Å²) in [5, 5.41) is 2.83. The minimum Gasteiger partial charge on any atom is -0.464 e. The topological polar surface area (TPSA) is 117 Å². The summed E-state index contributed by atoms with van der Waals surface area (Å²) in [6.07, 6.45) is 2.42. The lowest BCUT2D eigenvalue weighted by Gasteiger charge is -2.42. The van der Waals surface area contributed by atoms with Gasteiger partial charge in [-0.05, 0) is 62.8 Å². The summed E-state index contributed by atoms with van der Waals surface area (Å²) in [6, 6.07) is 3.27. The molecule has 1 fully saturated rings. The van der Waals surface area contributed by atoms with E-state index in [0.29, 0.717) is 41.7 Å². The first-order valence-corrected chi connectivity index (χ1v) is 12.6. The van der Waals surface area contributed by atoms with Crippen LogP contribution in [0.3, 0.4) is 0 Å². The van der Waals surface area contributed by atoms with Crippen LogP contribution in [-0.2, 0) is 28.6 Å². The minimum atomic E-state index is -1.13. The van der Waals surface area contributed by atoms with Crippen LogP contribution in [-0.4, -0.2) is 54.8 Å². The number of aryl methyl sites for hydroxylation is 2. The smallest absolute Gasteiger partial charge is 0.338 e.